The molecule has 1 heterocycles. The van der Waals surface area contributed by atoms with Gasteiger partial charge in [0.15, 0.2) is 0 Å². The van der Waals surface area contributed by atoms with Gasteiger partial charge in [0.1, 0.15) is 5.82 Å². The van der Waals surface area contributed by atoms with Crippen LogP contribution in [-0.2, 0) is 10.0 Å². The molecule has 106 valence electrons. The summed E-state index contributed by atoms with van der Waals surface area (Å²) >= 11 is 0. The van der Waals surface area contributed by atoms with E-state index in [1.807, 2.05) is 0 Å². The molecule has 0 unspecified atom stereocenters. The number of nitrogens with one attached hydrogen (secondary N) is 2. The Bertz CT molecular complexity index is 696. The van der Waals surface area contributed by atoms with Gasteiger partial charge >= 0.3 is 0 Å². The van der Waals surface area contributed by atoms with Crippen LogP contribution in [0.25, 0.3) is 0 Å². The zero-order chi connectivity index (χ0) is 14.8. The number of halogens is 1. The lowest BCUT2D eigenvalue weighted by atomic mass is 10.4. The smallest absolute Gasteiger partial charge is 0.257 e. The largest absolute Gasteiger partial charge is 0.276 e. The molecular weight excluding hydrogens is 283 g/mol. The van der Waals surface area contributed by atoms with E-state index in [0.29, 0.717) is 11.4 Å². The predicted molar refractivity (Wildman–Crippen MR) is 71.9 cm³/mol. The Labute approximate surface area is 116 Å². The van der Waals surface area contributed by atoms with E-state index < -0.39 is 15.8 Å². The second-order valence-corrected chi connectivity index (χ2v) is 5.84. The normalized spacial score (nSPS) is 11.3. The van der Waals surface area contributed by atoms with Crippen LogP contribution in [-0.4, -0.2) is 18.4 Å². The lowest BCUT2D eigenvalue weighted by Gasteiger charge is -2.09. The number of hydrogen-bond acceptors (Lipinski definition) is 5. The summed E-state index contributed by atoms with van der Waals surface area (Å²) in [4.78, 5) is 10.2. The van der Waals surface area contributed by atoms with Crippen molar-refractivity contribution in [2.24, 2.45) is 0 Å². The number of aromatic nitrogens is 2. The lowest BCUT2D eigenvalue weighted by Crippen LogP contribution is -2.30. The molecule has 2 rings (SSSR count). The maximum absolute atomic E-state index is 12.8. The molecule has 6 nitrogen and oxygen atoms in total. The first-order valence-corrected chi connectivity index (χ1v) is 7.21. The van der Waals surface area contributed by atoms with Gasteiger partial charge in [0.05, 0.1) is 4.90 Å². The van der Waals surface area contributed by atoms with Gasteiger partial charge in [0.25, 0.3) is 10.0 Å². The molecule has 8 heteroatoms. The molecule has 1 aromatic heterocycles. The third-order valence-corrected chi connectivity index (χ3v) is 3.67. The summed E-state index contributed by atoms with van der Waals surface area (Å²) in [6.07, 6.45) is 0. The van der Waals surface area contributed by atoms with Crippen LogP contribution in [0.3, 0.4) is 0 Å². The van der Waals surface area contributed by atoms with Crippen LogP contribution >= 0.6 is 0 Å². The third-order valence-electron chi connectivity index (χ3n) is 2.40. The summed E-state index contributed by atoms with van der Waals surface area (Å²) in [6, 6.07) is 6.24. The number of sulfonamides is 1. The Morgan fingerprint density at radius 2 is 1.60 bits per heavy atom. The molecule has 0 fully saturated rings. The van der Waals surface area contributed by atoms with E-state index in [4.69, 9.17) is 0 Å². The van der Waals surface area contributed by atoms with E-state index in [9.17, 15) is 12.8 Å². The fourth-order valence-corrected chi connectivity index (χ4v) is 2.41. The highest BCUT2D eigenvalue weighted by Gasteiger charge is 2.14. The Morgan fingerprint density at radius 3 is 2.15 bits per heavy atom. The molecule has 1 aromatic carbocycles. The van der Waals surface area contributed by atoms with Crippen molar-refractivity contribution in [2.45, 2.75) is 18.7 Å². The Morgan fingerprint density at radius 1 is 1.05 bits per heavy atom. The predicted octanol–water partition coefficient (Wildman–Crippen LogP) is 1.54. The summed E-state index contributed by atoms with van der Waals surface area (Å²) in [5, 5.41) is 0. The highest BCUT2D eigenvalue weighted by Crippen LogP contribution is 2.10. The molecule has 0 saturated carbocycles. The fourth-order valence-electron chi connectivity index (χ4n) is 1.57. The molecule has 0 bridgehead atoms. The minimum atomic E-state index is -3.81. The molecule has 2 N–H and O–H groups in total. The number of rotatable bonds is 4. The van der Waals surface area contributed by atoms with Gasteiger partial charge in [-0.3, -0.25) is 5.43 Å². The van der Waals surface area contributed by atoms with Crippen molar-refractivity contribution < 1.29 is 12.8 Å². The summed E-state index contributed by atoms with van der Waals surface area (Å²) < 4.78 is 36.6. The highest BCUT2D eigenvalue weighted by molar-refractivity contribution is 7.89. The van der Waals surface area contributed by atoms with Gasteiger partial charge in [0, 0.05) is 11.4 Å². The summed E-state index contributed by atoms with van der Waals surface area (Å²) in [5.74, 6) is -0.359. The van der Waals surface area contributed by atoms with Crippen molar-refractivity contribution in [1.29, 1.82) is 0 Å². The quantitative estimate of drug-likeness (QED) is 0.836. The topological polar surface area (TPSA) is 84.0 Å². The van der Waals surface area contributed by atoms with Gasteiger partial charge in [-0.25, -0.2) is 22.8 Å². The van der Waals surface area contributed by atoms with Gasteiger partial charge in [-0.2, -0.15) is 0 Å². The number of hydrogen-bond donors (Lipinski definition) is 2. The first kappa shape index (κ1) is 14.4. The molecule has 0 amide bonds. The van der Waals surface area contributed by atoms with E-state index in [0.717, 1.165) is 12.1 Å². The van der Waals surface area contributed by atoms with Gasteiger partial charge in [-0.05, 0) is 44.2 Å². The van der Waals surface area contributed by atoms with Gasteiger partial charge in [-0.1, -0.05) is 0 Å². The maximum atomic E-state index is 12.8. The van der Waals surface area contributed by atoms with Gasteiger partial charge in [0.2, 0.25) is 5.95 Å². The van der Waals surface area contributed by atoms with Crippen LogP contribution in [0.2, 0.25) is 0 Å². The highest BCUT2D eigenvalue weighted by atomic mass is 32.2. The number of anilines is 1. The van der Waals surface area contributed by atoms with E-state index in [1.54, 1.807) is 19.9 Å². The average molecular weight is 296 g/mol. The molecular formula is C12H13FN4O2S. The number of benzene rings is 1. The number of hydrazine groups is 1. The van der Waals surface area contributed by atoms with E-state index >= 15 is 0 Å². The van der Waals surface area contributed by atoms with Crippen molar-refractivity contribution in [2.75, 3.05) is 5.43 Å². The van der Waals surface area contributed by atoms with E-state index in [1.165, 1.54) is 12.1 Å². The lowest BCUT2D eigenvalue weighted by molar-refractivity contribution is 0.586. The maximum Gasteiger partial charge on any atom is 0.257 e. The van der Waals surface area contributed by atoms with Crippen LogP contribution < -0.4 is 10.3 Å². The molecule has 0 aliphatic heterocycles. The molecule has 2 aromatic rings. The van der Waals surface area contributed by atoms with Crippen LogP contribution in [0, 0.1) is 19.7 Å². The molecule has 0 spiro atoms. The molecule has 0 aliphatic rings. The Kier molecular flexibility index (Phi) is 3.96. The molecule has 0 aliphatic carbocycles. The van der Waals surface area contributed by atoms with Crippen LogP contribution in [0.1, 0.15) is 11.4 Å². The standard InChI is InChI=1S/C12H13FN4O2S/c1-8-7-9(2)15-12(14-8)16-17-20(18,19)11-5-3-10(13)4-6-11/h3-7,17H,1-2H3,(H,14,15,16). The second kappa shape index (κ2) is 5.51. The molecule has 0 atom stereocenters. The average Bonchev–Trinajstić information content (AvgIpc) is 2.36. The van der Waals surface area contributed by atoms with Crippen LogP contribution in [0.5, 0.6) is 0 Å². The van der Waals surface area contributed by atoms with Crippen LogP contribution in [0.15, 0.2) is 35.2 Å². The zero-order valence-corrected chi connectivity index (χ0v) is 11.7. The van der Waals surface area contributed by atoms with Crippen LogP contribution in [0.4, 0.5) is 10.3 Å². The molecule has 20 heavy (non-hydrogen) atoms. The summed E-state index contributed by atoms with van der Waals surface area (Å²) in [5.41, 5.74) is 3.84. The van der Waals surface area contributed by atoms with Gasteiger partial charge in [-0.15, -0.1) is 4.83 Å². The third kappa shape index (κ3) is 3.49. The second-order valence-electron chi connectivity index (χ2n) is 4.16. The first-order chi connectivity index (χ1) is 9.37. The minimum Gasteiger partial charge on any atom is -0.276 e. The molecule has 0 radical (unpaired) electrons. The minimum absolute atomic E-state index is 0.0595. The molecule has 0 saturated heterocycles. The zero-order valence-electron chi connectivity index (χ0n) is 10.9. The Balaban J connectivity index is 2.15. The van der Waals surface area contributed by atoms with Crippen molar-refractivity contribution in [3.8, 4) is 0 Å². The van der Waals surface area contributed by atoms with Crippen molar-refractivity contribution in [1.82, 2.24) is 14.8 Å². The van der Waals surface area contributed by atoms with E-state index in [2.05, 4.69) is 20.2 Å². The number of nitrogens with zero attached hydrogens (tertiary/aromatic N) is 2. The van der Waals surface area contributed by atoms with Gasteiger partial charge < -0.3 is 0 Å². The van der Waals surface area contributed by atoms with Crippen molar-refractivity contribution in [3.63, 3.8) is 0 Å². The van der Waals surface area contributed by atoms with E-state index in [-0.39, 0.29) is 10.8 Å². The fraction of sp³-hybridized carbons (Fsp3) is 0.167. The number of aryl methyl sites for hydroxylation is 2. The Hall–Kier alpha value is -2.06. The first-order valence-electron chi connectivity index (χ1n) is 5.72. The SMILES string of the molecule is Cc1cc(C)nc(NNS(=O)(=O)c2ccc(F)cc2)n1. The summed E-state index contributed by atoms with van der Waals surface area (Å²) in [6.45, 7) is 3.54. The van der Waals surface area contributed by atoms with Crippen molar-refractivity contribution in [3.05, 3.63) is 47.5 Å². The summed E-state index contributed by atoms with van der Waals surface area (Å²) in [7, 11) is -3.81. The monoisotopic (exact) mass is 296 g/mol. The van der Waals surface area contributed by atoms with Crippen molar-refractivity contribution >= 4 is 16.0 Å².